The number of hydrogen-bond donors (Lipinski definition) is 2. The lowest BCUT2D eigenvalue weighted by atomic mass is 10.1. The third-order valence-corrected chi connectivity index (χ3v) is 3.82. The molecule has 0 aliphatic carbocycles. The summed E-state index contributed by atoms with van der Waals surface area (Å²) in [7, 11) is 0. The highest BCUT2D eigenvalue weighted by Crippen LogP contribution is 2.34. The highest BCUT2D eigenvalue weighted by molar-refractivity contribution is 6.42. The van der Waals surface area contributed by atoms with Gasteiger partial charge in [0, 0.05) is 16.9 Å². The van der Waals surface area contributed by atoms with Crippen LogP contribution < -0.4 is 10.6 Å². The fourth-order valence-electron chi connectivity index (χ4n) is 2.13. The minimum atomic E-state index is -0.581. The fourth-order valence-corrected chi connectivity index (χ4v) is 2.43. The van der Waals surface area contributed by atoms with E-state index in [1.165, 1.54) is 12.1 Å². The van der Waals surface area contributed by atoms with Crippen molar-refractivity contribution in [3.8, 4) is 0 Å². The van der Waals surface area contributed by atoms with Gasteiger partial charge in [-0.2, -0.15) is 0 Å². The van der Waals surface area contributed by atoms with Crippen LogP contribution in [0.5, 0.6) is 0 Å². The number of halogens is 3. The first-order valence-electron chi connectivity index (χ1n) is 5.86. The van der Waals surface area contributed by atoms with Crippen LogP contribution in [0.3, 0.4) is 0 Å². The van der Waals surface area contributed by atoms with Crippen molar-refractivity contribution in [1.29, 1.82) is 0 Å². The van der Waals surface area contributed by atoms with Gasteiger partial charge in [0.05, 0.1) is 10.0 Å². The zero-order chi connectivity index (χ0) is 14.3. The number of rotatable bonds is 2. The molecule has 3 rings (SSSR count). The van der Waals surface area contributed by atoms with Gasteiger partial charge in [0.1, 0.15) is 11.9 Å². The minimum absolute atomic E-state index is 0.239. The van der Waals surface area contributed by atoms with Crippen LogP contribution in [0.1, 0.15) is 11.6 Å². The van der Waals surface area contributed by atoms with Gasteiger partial charge in [0.25, 0.3) is 5.91 Å². The van der Waals surface area contributed by atoms with Crippen molar-refractivity contribution >= 4 is 40.5 Å². The predicted molar refractivity (Wildman–Crippen MR) is 77.9 cm³/mol. The first-order valence-corrected chi connectivity index (χ1v) is 6.62. The van der Waals surface area contributed by atoms with Gasteiger partial charge in [-0.25, -0.2) is 4.39 Å². The molecule has 20 heavy (non-hydrogen) atoms. The van der Waals surface area contributed by atoms with Gasteiger partial charge in [0.15, 0.2) is 0 Å². The topological polar surface area (TPSA) is 41.1 Å². The lowest BCUT2D eigenvalue weighted by Gasteiger charge is -2.13. The molecule has 0 bridgehead atoms. The van der Waals surface area contributed by atoms with Gasteiger partial charge in [-0.15, -0.1) is 0 Å². The Morgan fingerprint density at radius 2 is 1.90 bits per heavy atom. The molecule has 6 heteroatoms. The largest absolute Gasteiger partial charge is 0.370 e. The third-order valence-electron chi connectivity index (χ3n) is 3.08. The quantitative estimate of drug-likeness (QED) is 0.871. The number of fused-ring (bicyclic) bond motifs is 1. The molecule has 0 saturated heterocycles. The van der Waals surface area contributed by atoms with Crippen LogP contribution in [0, 0.1) is 5.82 Å². The molecule has 0 radical (unpaired) electrons. The van der Waals surface area contributed by atoms with E-state index in [0.29, 0.717) is 27.0 Å². The summed E-state index contributed by atoms with van der Waals surface area (Å²) in [5.74, 6) is -0.629. The van der Waals surface area contributed by atoms with E-state index in [9.17, 15) is 9.18 Å². The van der Waals surface area contributed by atoms with E-state index in [1.807, 2.05) is 0 Å². The Kier molecular flexibility index (Phi) is 3.28. The maximum Gasteiger partial charge on any atom is 0.251 e. The monoisotopic (exact) mass is 310 g/mol. The molecule has 2 aromatic rings. The molecule has 2 aromatic carbocycles. The molecule has 1 atom stereocenters. The molecular formula is C14H9Cl2FN2O. The summed E-state index contributed by atoms with van der Waals surface area (Å²) >= 11 is 11.8. The highest BCUT2D eigenvalue weighted by Gasteiger charge is 2.30. The van der Waals surface area contributed by atoms with E-state index in [2.05, 4.69) is 10.6 Å². The summed E-state index contributed by atoms with van der Waals surface area (Å²) in [5, 5.41) is 6.53. The summed E-state index contributed by atoms with van der Waals surface area (Å²) in [6, 6.07) is 8.62. The zero-order valence-corrected chi connectivity index (χ0v) is 11.6. The number of anilines is 2. The first-order chi connectivity index (χ1) is 9.54. The van der Waals surface area contributed by atoms with Crippen molar-refractivity contribution in [3.63, 3.8) is 0 Å². The van der Waals surface area contributed by atoms with E-state index in [1.54, 1.807) is 24.3 Å². The molecule has 0 aromatic heterocycles. The predicted octanol–water partition coefficient (Wildman–Crippen LogP) is 4.24. The maximum absolute atomic E-state index is 13.1. The second-order valence-electron chi connectivity index (χ2n) is 4.43. The first kappa shape index (κ1) is 13.2. The molecule has 1 amide bonds. The summed E-state index contributed by atoms with van der Waals surface area (Å²) in [6.45, 7) is 0. The van der Waals surface area contributed by atoms with Crippen molar-refractivity contribution in [3.05, 3.63) is 57.8 Å². The van der Waals surface area contributed by atoms with Crippen molar-refractivity contribution in [2.24, 2.45) is 0 Å². The van der Waals surface area contributed by atoms with E-state index >= 15 is 0 Å². The summed E-state index contributed by atoms with van der Waals surface area (Å²) in [6.07, 6.45) is 0. The van der Waals surface area contributed by atoms with Crippen molar-refractivity contribution in [1.82, 2.24) is 0 Å². The van der Waals surface area contributed by atoms with E-state index in [0.717, 1.165) is 0 Å². The number of nitrogens with one attached hydrogen (secondary N) is 2. The van der Waals surface area contributed by atoms with Crippen LogP contribution in [0.25, 0.3) is 0 Å². The van der Waals surface area contributed by atoms with E-state index in [-0.39, 0.29) is 11.7 Å². The normalized spacial score (nSPS) is 16.8. The molecule has 1 aliphatic rings. The zero-order valence-electron chi connectivity index (χ0n) is 10.1. The lowest BCUT2D eigenvalue weighted by molar-refractivity contribution is -0.116. The van der Waals surface area contributed by atoms with Crippen molar-refractivity contribution < 1.29 is 9.18 Å². The Labute approximate surface area is 124 Å². The van der Waals surface area contributed by atoms with Crippen molar-refractivity contribution in [2.45, 2.75) is 6.04 Å². The number of hydrogen-bond acceptors (Lipinski definition) is 2. The van der Waals surface area contributed by atoms with Crippen LogP contribution in [0.15, 0.2) is 36.4 Å². The SMILES string of the molecule is O=C1Nc2cc(F)ccc2C1Nc1ccc(Cl)c(Cl)c1. The van der Waals surface area contributed by atoms with Gasteiger partial charge in [0.2, 0.25) is 0 Å². The number of benzene rings is 2. The molecule has 1 aliphatic heterocycles. The number of amides is 1. The van der Waals surface area contributed by atoms with Gasteiger partial charge < -0.3 is 10.6 Å². The molecule has 2 N–H and O–H groups in total. The summed E-state index contributed by atoms with van der Waals surface area (Å²) in [5.41, 5.74) is 1.84. The van der Waals surface area contributed by atoms with Gasteiger partial charge >= 0.3 is 0 Å². The van der Waals surface area contributed by atoms with E-state index in [4.69, 9.17) is 23.2 Å². The standard InChI is InChI=1S/C14H9Cl2FN2O/c15-10-4-2-8(6-11(10)16)18-13-9-3-1-7(17)5-12(9)19-14(13)20/h1-6,13,18H,(H,19,20). The second-order valence-corrected chi connectivity index (χ2v) is 5.24. The van der Waals surface area contributed by atoms with Crippen LogP contribution in [-0.2, 0) is 4.79 Å². The fraction of sp³-hybridized carbons (Fsp3) is 0.0714. The van der Waals surface area contributed by atoms with Crippen LogP contribution >= 0.6 is 23.2 Å². The molecule has 1 unspecified atom stereocenters. The van der Waals surface area contributed by atoms with Gasteiger partial charge in [-0.1, -0.05) is 29.3 Å². The van der Waals surface area contributed by atoms with Crippen LogP contribution in [0.4, 0.5) is 15.8 Å². The molecule has 3 nitrogen and oxygen atoms in total. The molecule has 0 saturated carbocycles. The molecule has 1 heterocycles. The number of carbonyl (C=O) groups is 1. The lowest BCUT2D eigenvalue weighted by Crippen LogP contribution is -2.19. The Bertz CT molecular complexity index is 706. The Balaban J connectivity index is 1.92. The highest BCUT2D eigenvalue weighted by atomic mass is 35.5. The molecular weight excluding hydrogens is 302 g/mol. The number of carbonyl (C=O) groups excluding carboxylic acids is 1. The van der Waals surface area contributed by atoms with Gasteiger partial charge in [-0.05, 0) is 30.3 Å². The minimum Gasteiger partial charge on any atom is -0.370 e. The summed E-state index contributed by atoms with van der Waals surface area (Å²) < 4.78 is 13.1. The molecule has 0 fully saturated rings. The smallest absolute Gasteiger partial charge is 0.251 e. The Hall–Kier alpha value is -1.78. The van der Waals surface area contributed by atoms with Crippen LogP contribution in [0.2, 0.25) is 10.0 Å². The maximum atomic E-state index is 13.1. The average molecular weight is 311 g/mol. The Morgan fingerprint density at radius 1 is 1.10 bits per heavy atom. The second kappa shape index (κ2) is 4.96. The average Bonchev–Trinajstić information content (AvgIpc) is 2.69. The molecule has 102 valence electrons. The third kappa shape index (κ3) is 2.32. The van der Waals surface area contributed by atoms with E-state index < -0.39 is 6.04 Å². The van der Waals surface area contributed by atoms with Gasteiger partial charge in [-0.3, -0.25) is 4.79 Å². The summed E-state index contributed by atoms with van der Waals surface area (Å²) in [4.78, 5) is 11.9. The van der Waals surface area contributed by atoms with Crippen molar-refractivity contribution in [2.75, 3.05) is 10.6 Å². The van der Waals surface area contributed by atoms with Crippen LogP contribution in [-0.4, -0.2) is 5.91 Å². The Morgan fingerprint density at radius 3 is 2.65 bits per heavy atom. The molecule has 0 spiro atoms.